The predicted molar refractivity (Wildman–Crippen MR) is 57.5 cm³/mol. The number of aromatic nitrogens is 1. The van der Waals surface area contributed by atoms with Crippen LogP contribution in [0.25, 0.3) is 0 Å². The number of halogens is 1. The first-order chi connectivity index (χ1) is 5.97. The molecule has 1 radical (unpaired) electrons. The molecule has 0 bridgehead atoms. The van der Waals surface area contributed by atoms with Gasteiger partial charge in [-0.1, -0.05) is 0 Å². The Bertz CT molecular complexity index is 372. The van der Waals surface area contributed by atoms with Gasteiger partial charge in [0.1, 0.15) is 9.84 Å². The van der Waals surface area contributed by atoms with Crippen molar-refractivity contribution < 1.29 is 8.42 Å². The van der Waals surface area contributed by atoms with Crippen molar-refractivity contribution in [2.24, 2.45) is 0 Å². The van der Waals surface area contributed by atoms with E-state index in [1.807, 2.05) is 11.8 Å². The first-order valence-corrected chi connectivity index (χ1v) is 7.33. The number of thiazole rings is 1. The molecule has 0 N–H and O–H groups in total. The molecule has 0 saturated carbocycles. The zero-order valence-electron chi connectivity index (χ0n) is 7.03. The van der Waals surface area contributed by atoms with Crippen LogP contribution in [-0.4, -0.2) is 25.4 Å². The van der Waals surface area contributed by atoms with Crippen LogP contribution in [0.2, 0.25) is 0 Å². The van der Waals surface area contributed by atoms with E-state index in [0.29, 0.717) is 6.42 Å². The van der Waals surface area contributed by atoms with Crippen molar-refractivity contribution in [1.29, 1.82) is 0 Å². The molecule has 1 heterocycles. The van der Waals surface area contributed by atoms with E-state index in [1.165, 1.54) is 17.6 Å². The molecule has 0 unspecified atom stereocenters. The lowest BCUT2D eigenvalue weighted by Crippen LogP contribution is -2.03. The molecule has 0 atom stereocenters. The number of rotatable bonds is 4. The third-order valence-electron chi connectivity index (χ3n) is 1.34. The average molecular weight is 283 g/mol. The summed E-state index contributed by atoms with van der Waals surface area (Å²) in [6.07, 6.45) is 3.58. The van der Waals surface area contributed by atoms with Gasteiger partial charge in [-0.15, -0.1) is 11.3 Å². The van der Waals surface area contributed by atoms with E-state index in [4.69, 9.17) is 0 Å². The van der Waals surface area contributed by atoms with Crippen molar-refractivity contribution in [3.8, 4) is 0 Å². The lowest BCUT2D eigenvalue weighted by molar-refractivity contribution is 0.601. The molecule has 73 valence electrons. The molecule has 0 fully saturated rings. The molecular formula is C7H9BrNO2S2. The first-order valence-electron chi connectivity index (χ1n) is 3.59. The molecule has 0 aliphatic carbocycles. The Morgan fingerprint density at radius 3 is 2.85 bits per heavy atom. The second kappa shape index (κ2) is 4.52. The van der Waals surface area contributed by atoms with Crippen molar-refractivity contribution in [3.63, 3.8) is 0 Å². The SMILES string of the molecule is CS(=O)(=O)CC[CH]c1csc(Br)n1. The van der Waals surface area contributed by atoms with Crippen LogP contribution in [0, 0.1) is 6.42 Å². The maximum Gasteiger partial charge on any atom is 0.159 e. The van der Waals surface area contributed by atoms with Crippen molar-refractivity contribution in [2.75, 3.05) is 12.0 Å². The van der Waals surface area contributed by atoms with E-state index in [1.54, 1.807) is 0 Å². The van der Waals surface area contributed by atoms with E-state index in [-0.39, 0.29) is 5.75 Å². The summed E-state index contributed by atoms with van der Waals surface area (Å²) in [4.78, 5) is 4.12. The quantitative estimate of drug-likeness (QED) is 0.847. The fourth-order valence-electron chi connectivity index (χ4n) is 0.778. The average Bonchev–Trinajstić information content (AvgIpc) is 2.33. The Kier molecular flexibility index (Phi) is 3.87. The van der Waals surface area contributed by atoms with E-state index in [2.05, 4.69) is 20.9 Å². The lowest BCUT2D eigenvalue weighted by atomic mass is 10.3. The highest BCUT2D eigenvalue weighted by Crippen LogP contribution is 2.17. The number of hydrogen-bond donors (Lipinski definition) is 0. The molecule has 0 amide bonds. The van der Waals surface area contributed by atoms with Gasteiger partial charge in [-0.3, -0.25) is 0 Å². The minimum absolute atomic E-state index is 0.183. The van der Waals surface area contributed by atoms with E-state index >= 15 is 0 Å². The monoisotopic (exact) mass is 282 g/mol. The number of sulfone groups is 1. The van der Waals surface area contributed by atoms with Crippen LogP contribution in [0.4, 0.5) is 0 Å². The zero-order valence-corrected chi connectivity index (χ0v) is 10.2. The predicted octanol–water partition coefficient (Wildman–Crippen LogP) is 1.89. The van der Waals surface area contributed by atoms with E-state index in [9.17, 15) is 8.42 Å². The first kappa shape index (κ1) is 11.1. The summed E-state index contributed by atoms with van der Waals surface area (Å²) in [5, 5.41) is 1.88. The Morgan fingerprint density at radius 2 is 2.38 bits per heavy atom. The molecule has 0 spiro atoms. The van der Waals surface area contributed by atoms with Crippen LogP contribution in [0.3, 0.4) is 0 Å². The highest BCUT2D eigenvalue weighted by Gasteiger charge is 2.04. The molecule has 13 heavy (non-hydrogen) atoms. The Labute approximate surface area is 90.2 Å². The number of hydrogen-bond acceptors (Lipinski definition) is 4. The van der Waals surface area contributed by atoms with Gasteiger partial charge >= 0.3 is 0 Å². The van der Waals surface area contributed by atoms with E-state index in [0.717, 1.165) is 9.61 Å². The molecule has 1 aromatic heterocycles. The zero-order chi connectivity index (χ0) is 9.90. The highest BCUT2D eigenvalue weighted by molar-refractivity contribution is 9.11. The standard InChI is InChI=1S/C7H9BrNO2S2/c1-13(10,11)4-2-3-6-5-12-7(8)9-6/h3,5H,2,4H2,1H3. The van der Waals surface area contributed by atoms with Crippen molar-refractivity contribution >= 4 is 37.1 Å². The topological polar surface area (TPSA) is 47.0 Å². The van der Waals surface area contributed by atoms with Gasteiger partial charge in [-0.2, -0.15) is 0 Å². The fraction of sp³-hybridized carbons (Fsp3) is 0.429. The molecule has 0 aliphatic rings. The van der Waals surface area contributed by atoms with Gasteiger partial charge < -0.3 is 0 Å². The van der Waals surface area contributed by atoms with E-state index < -0.39 is 9.84 Å². The fourth-order valence-corrected chi connectivity index (χ4v) is 2.33. The summed E-state index contributed by atoms with van der Waals surface area (Å²) in [5.74, 6) is 0.183. The lowest BCUT2D eigenvalue weighted by Gasteiger charge is -1.95. The Morgan fingerprint density at radius 1 is 1.69 bits per heavy atom. The summed E-state index contributed by atoms with van der Waals surface area (Å²) >= 11 is 4.72. The Hall–Kier alpha value is 0.0600. The van der Waals surface area contributed by atoms with Crippen LogP contribution in [0.1, 0.15) is 12.1 Å². The molecular weight excluding hydrogens is 274 g/mol. The van der Waals surface area contributed by atoms with Crippen molar-refractivity contribution in [1.82, 2.24) is 4.98 Å². The van der Waals surface area contributed by atoms with Gasteiger partial charge in [0.25, 0.3) is 0 Å². The van der Waals surface area contributed by atoms with Gasteiger partial charge in [0.2, 0.25) is 0 Å². The Balaban J connectivity index is 2.36. The minimum atomic E-state index is -2.85. The van der Waals surface area contributed by atoms with Gasteiger partial charge in [0.05, 0.1) is 11.4 Å². The molecule has 1 rings (SSSR count). The smallest absolute Gasteiger partial charge is 0.159 e. The summed E-state index contributed by atoms with van der Waals surface area (Å²) in [6.45, 7) is 0. The van der Waals surface area contributed by atoms with Crippen molar-refractivity contribution in [3.05, 3.63) is 21.4 Å². The maximum absolute atomic E-state index is 10.8. The largest absolute Gasteiger partial charge is 0.234 e. The van der Waals surface area contributed by atoms with Crippen LogP contribution < -0.4 is 0 Å². The maximum atomic E-state index is 10.8. The molecule has 0 aliphatic heterocycles. The second-order valence-electron chi connectivity index (χ2n) is 2.65. The molecule has 1 aromatic rings. The second-order valence-corrected chi connectivity index (χ2v) is 7.04. The summed E-state index contributed by atoms with van der Waals surface area (Å²) < 4.78 is 22.4. The van der Waals surface area contributed by atoms with Gasteiger partial charge in [-0.25, -0.2) is 13.4 Å². The normalized spacial score (nSPS) is 11.8. The van der Waals surface area contributed by atoms with Crippen molar-refractivity contribution in [2.45, 2.75) is 6.42 Å². The van der Waals surface area contributed by atoms with Crippen LogP contribution >= 0.6 is 27.3 Å². The molecule has 0 saturated heterocycles. The third kappa shape index (κ3) is 4.73. The minimum Gasteiger partial charge on any atom is -0.234 e. The molecule has 3 nitrogen and oxygen atoms in total. The third-order valence-corrected chi connectivity index (χ3v) is 3.70. The van der Waals surface area contributed by atoms with Crippen LogP contribution in [0.5, 0.6) is 0 Å². The summed E-state index contributed by atoms with van der Waals surface area (Å²) in [7, 11) is -2.85. The van der Waals surface area contributed by atoms with Gasteiger partial charge in [0, 0.05) is 18.1 Å². The highest BCUT2D eigenvalue weighted by atomic mass is 79.9. The summed E-state index contributed by atoms with van der Waals surface area (Å²) in [5.41, 5.74) is 0.834. The number of nitrogens with zero attached hydrogens (tertiary/aromatic N) is 1. The van der Waals surface area contributed by atoms with Gasteiger partial charge in [0.15, 0.2) is 3.92 Å². The van der Waals surface area contributed by atoms with Crippen LogP contribution in [0.15, 0.2) is 9.30 Å². The molecule has 0 aromatic carbocycles. The summed E-state index contributed by atoms with van der Waals surface area (Å²) in [6, 6.07) is 0. The van der Waals surface area contributed by atoms with Gasteiger partial charge in [-0.05, 0) is 22.4 Å². The molecule has 6 heteroatoms. The van der Waals surface area contributed by atoms with Crippen LogP contribution in [-0.2, 0) is 9.84 Å².